The predicted octanol–water partition coefficient (Wildman–Crippen LogP) is 0.382. The van der Waals surface area contributed by atoms with Crippen LogP contribution < -0.4 is 5.73 Å². The quantitative estimate of drug-likeness (QED) is 0.687. The van der Waals surface area contributed by atoms with Crippen LogP contribution in [0.4, 0.5) is 0 Å². The van der Waals surface area contributed by atoms with Crippen molar-refractivity contribution in [3.63, 3.8) is 0 Å². The second-order valence-corrected chi connectivity index (χ2v) is 5.39. The Labute approximate surface area is 103 Å². The molecule has 1 atom stereocenters. The Morgan fingerprint density at radius 3 is 2.88 bits per heavy atom. The molecule has 0 aliphatic carbocycles. The summed E-state index contributed by atoms with van der Waals surface area (Å²) >= 11 is 5.04. The van der Waals surface area contributed by atoms with Gasteiger partial charge in [0.25, 0.3) is 0 Å². The highest BCUT2D eigenvalue weighted by Crippen LogP contribution is 2.22. The van der Waals surface area contributed by atoms with Gasteiger partial charge in [-0.15, -0.1) is 0 Å². The first kappa shape index (κ1) is 13.8. The van der Waals surface area contributed by atoms with Gasteiger partial charge in [0.1, 0.15) is 0 Å². The molecule has 5 heteroatoms. The number of rotatable bonds is 5. The van der Waals surface area contributed by atoms with Crippen LogP contribution in [-0.2, 0) is 4.74 Å². The number of ether oxygens (including phenoxy) is 1. The number of nitrogens with two attached hydrogens (primary N) is 1. The molecule has 94 valence electrons. The number of thiocarbonyl (C=S) groups is 1. The van der Waals surface area contributed by atoms with Gasteiger partial charge >= 0.3 is 0 Å². The van der Waals surface area contributed by atoms with Crippen molar-refractivity contribution in [2.45, 2.75) is 26.3 Å². The summed E-state index contributed by atoms with van der Waals surface area (Å²) in [4.78, 5) is 2.81. The van der Waals surface area contributed by atoms with E-state index < -0.39 is 0 Å². The van der Waals surface area contributed by atoms with E-state index in [4.69, 9.17) is 22.7 Å². The molecule has 1 unspecified atom stereocenters. The van der Waals surface area contributed by atoms with Crippen molar-refractivity contribution in [2.75, 3.05) is 32.9 Å². The smallest absolute Gasteiger partial charge is 0.0784 e. The van der Waals surface area contributed by atoms with Gasteiger partial charge in [-0.2, -0.15) is 0 Å². The molecule has 0 saturated carbocycles. The van der Waals surface area contributed by atoms with Gasteiger partial charge in [0.15, 0.2) is 0 Å². The third-order valence-electron chi connectivity index (χ3n) is 3.25. The van der Waals surface area contributed by atoms with Crippen molar-refractivity contribution in [3.05, 3.63) is 0 Å². The van der Waals surface area contributed by atoms with E-state index in [1.165, 1.54) is 0 Å². The number of hydrogen-bond donors (Lipinski definition) is 2. The summed E-state index contributed by atoms with van der Waals surface area (Å²) in [7, 11) is 0. The summed E-state index contributed by atoms with van der Waals surface area (Å²) in [6.07, 6.45) is 0.916. The van der Waals surface area contributed by atoms with Crippen molar-refractivity contribution in [1.29, 1.82) is 0 Å². The molecule has 3 N–H and O–H groups in total. The number of hydrogen-bond acceptors (Lipinski definition) is 4. The van der Waals surface area contributed by atoms with Gasteiger partial charge in [-0.1, -0.05) is 26.1 Å². The van der Waals surface area contributed by atoms with Crippen molar-refractivity contribution < 1.29 is 9.84 Å². The Balaban J connectivity index is 2.43. The van der Waals surface area contributed by atoms with Gasteiger partial charge in [-0.05, 0) is 13.0 Å². The molecule has 0 spiro atoms. The second kappa shape index (κ2) is 5.91. The number of aliphatic hydroxyl groups excluding tert-OH is 1. The summed E-state index contributed by atoms with van der Waals surface area (Å²) in [5, 5.41) is 9.23. The standard InChI is InChI=1S/C11H22N2O2S/c1-11(2,10(12)16)3-4-13-5-6-15-8-9(13)7-14/h9,14H,3-8H2,1-2H3,(H2,12,16). The highest BCUT2D eigenvalue weighted by Gasteiger charge is 2.26. The van der Waals surface area contributed by atoms with E-state index in [0.717, 1.165) is 26.1 Å². The number of nitrogens with zero attached hydrogens (tertiary/aromatic N) is 1. The summed E-state index contributed by atoms with van der Waals surface area (Å²) in [5.41, 5.74) is 5.57. The van der Waals surface area contributed by atoms with Crippen molar-refractivity contribution in [1.82, 2.24) is 4.90 Å². The second-order valence-electron chi connectivity index (χ2n) is 4.95. The molecular weight excluding hydrogens is 224 g/mol. The van der Waals surface area contributed by atoms with Gasteiger partial charge in [-0.25, -0.2) is 0 Å². The lowest BCUT2D eigenvalue weighted by molar-refractivity contribution is -0.0296. The number of aliphatic hydroxyl groups is 1. The van der Waals surface area contributed by atoms with Crippen molar-refractivity contribution >= 4 is 17.2 Å². The topological polar surface area (TPSA) is 58.7 Å². The summed E-state index contributed by atoms with van der Waals surface area (Å²) in [6, 6.07) is 0.121. The van der Waals surface area contributed by atoms with Crippen LogP contribution >= 0.6 is 12.2 Å². The zero-order valence-electron chi connectivity index (χ0n) is 10.1. The average Bonchev–Trinajstić information content (AvgIpc) is 2.26. The first-order chi connectivity index (χ1) is 7.47. The summed E-state index contributed by atoms with van der Waals surface area (Å²) in [6.45, 7) is 7.40. The Kier molecular flexibility index (Phi) is 5.11. The van der Waals surface area contributed by atoms with Crippen LogP contribution in [0.1, 0.15) is 20.3 Å². The van der Waals surface area contributed by atoms with Crippen LogP contribution in [0, 0.1) is 5.41 Å². The van der Waals surface area contributed by atoms with Crippen LogP contribution in [0.2, 0.25) is 0 Å². The third kappa shape index (κ3) is 3.66. The van der Waals surface area contributed by atoms with Crippen molar-refractivity contribution in [3.8, 4) is 0 Å². The first-order valence-corrected chi connectivity index (χ1v) is 6.11. The van der Waals surface area contributed by atoms with Crippen LogP contribution in [0.5, 0.6) is 0 Å². The lowest BCUT2D eigenvalue weighted by atomic mass is 9.89. The van der Waals surface area contributed by atoms with Crippen LogP contribution in [0.15, 0.2) is 0 Å². The monoisotopic (exact) mass is 246 g/mol. The highest BCUT2D eigenvalue weighted by molar-refractivity contribution is 7.80. The molecule has 0 aromatic rings. The summed E-state index contributed by atoms with van der Waals surface area (Å²) < 4.78 is 5.33. The van der Waals surface area contributed by atoms with Gasteiger partial charge in [-0.3, -0.25) is 4.90 Å². The fourth-order valence-electron chi connectivity index (χ4n) is 1.70. The molecule has 1 aliphatic rings. The molecule has 0 aromatic heterocycles. The third-order valence-corrected chi connectivity index (χ3v) is 3.80. The Bertz CT molecular complexity index is 246. The molecule has 1 heterocycles. The van der Waals surface area contributed by atoms with Gasteiger partial charge in [0.2, 0.25) is 0 Å². The lowest BCUT2D eigenvalue weighted by Gasteiger charge is -2.36. The SMILES string of the molecule is CC(C)(CCN1CCOCC1CO)C(N)=S. The maximum Gasteiger partial charge on any atom is 0.0784 e. The van der Waals surface area contributed by atoms with E-state index in [9.17, 15) is 5.11 Å². The molecule has 0 bridgehead atoms. The molecule has 0 radical (unpaired) electrons. The van der Waals surface area contributed by atoms with E-state index >= 15 is 0 Å². The maximum absolute atomic E-state index is 9.23. The first-order valence-electron chi connectivity index (χ1n) is 5.70. The Hall–Kier alpha value is -0.230. The zero-order chi connectivity index (χ0) is 12.2. The normalized spacial score (nSPS) is 23.3. The fraction of sp³-hybridized carbons (Fsp3) is 0.909. The van der Waals surface area contributed by atoms with Crippen LogP contribution in [0.25, 0.3) is 0 Å². The van der Waals surface area contributed by atoms with E-state index in [1.807, 2.05) is 0 Å². The molecule has 1 saturated heterocycles. The maximum atomic E-state index is 9.23. The average molecular weight is 246 g/mol. The largest absolute Gasteiger partial charge is 0.395 e. The molecule has 4 nitrogen and oxygen atoms in total. The van der Waals surface area contributed by atoms with Gasteiger partial charge in [0, 0.05) is 12.0 Å². The summed E-state index contributed by atoms with van der Waals surface area (Å²) in [5.74, 6) is 0. The van der Waals surface area contributed by atoms with Crippen LogP contribution in [0.3, 0.4) is 0 Å². The highest BCUT2D eigenvalue weighted by atomic mass is 32.1. The minimum absolute atomic E-state index is 0.117. The van der Waals surface area contributed by atoms with Gasteiger partial charge < -0.3 is 15.6 Å². The molecule has 1 aliphatic heterocycles. The van der Waals surface area contributed by atoms with E-state index in [-0.39, 0.29) is 18.1 Å². The molecule has 1 rings (SSSR count). The van der Waals surface area contributed by atoms with Crippen LogP contribution in [-0.4, -0.2) is 53.9 Å². The van der Waals surface area contributed by atoms with E-state index in [1.54, 1.807) is 0 Å². The molecule has 0 aromatic carbocycles. The van der Waals surface area contributed by atoms with Crippen molar-refractivity contribution in [2.24, 2.45) is 11.1 Å². The van der Waals surface area contributed by atoms with E-state index in [0.29, 0.717) is 11.6 Å². The number of morpholine rings is 1. The molecule has 0 amide bonds. The fourth-order valence-corrected chi connectivity index (χ4v) is 1.80. The molecular formula is C11H22N2O2S. The lowest BCUT2D eigenvalue weighted by Crippen LogP contribution is -2.49. The molecule has 16 heavy (non-hydrogen) atoms. The zero-order valence-corrected chi connectivity index (χ0v) is 10.9. The Morgan fingerprint density at radius 2 is 2.31 bits per heavy atom. The Morgan fingerprint density at radius 1 is 1.62 bits per heavy atom. The minimum atomic E-state index is -0.117. The molecule has 1 fully saturated rings. The van der Waals surface area contributed by atoms with Gasteiger partial charge in [0.05, 0.1) is 30.9 Å². The predicted molar refractivity (Wildman–Crippen MR) is 68.4 cm³/mol. The minimum Gasteiger partial charge on any atom is -0.395 e. The van der Waals surface area contributed by atoms with E-state index in [2.05, 4.69) is 18.7 Å².